The number of carbonyl (C=O) groups is 3. The van der Waals surface area contributed by atoms with Gasteiger partial charge in [0, 0.05) is 43.6 Å². The van der Waals surface area contributed by atoms with Crippen molar-refractivity contribution in [1.29, 1.82) is 0 Å². The van der Waals surface area contributed by atoms with Crippen LogP contribution >= 0.6 is 0 Å². The van der Waals surface area contributed by atoms with E-state index in [9.17, 15) is 23.2 Å². The van der Waals surface area contributed by atoms with Gasteiger partial charge in [-0.15, -0.1) is 0 Å². The number of rotatable bonds is 3. The normalized spacial score (nSPS) is 23.1. The predicted molar refractivity (Wildman–Crippen MR) is 96.2 cm³/mol. The molecule has 4 rings (SSSR count). The molecule has 0 aromatic heterocycles. The largest absolute Gasteiger partial charge is 0.338 e. The lowest BCUT2D eigenvalue weighted by Crippen LogP contribution is -2.45. The van der Waals surface area contributed by atoms with Gasteiger partial charge in [-0.3, -0.25) is 14.4 Å². The summed E-state index contributed by atoms with van der Waals surface area (Å²) in [6, 6.07) is 3.28. The molecular weight excluding hydrogens is 370 g/mol. The molecule has 28 heavy (non-hydrogen) atoms. The van der Waals surface area contributed by atoms with E-state index in [4.69, 9.17) is 0 Å². The van der Waals surface area contributed by atoms with Crippen molar-refractivity contribution in [3.8, 4) is 0 Å². The molecule has 0 radical (unpaired) electrons. The van der Waals surface area contributed by atoms with Crippen molar-refractivity contribution in [3.63, 3.8) is 0 Å². The minimum atomic E-state index is -1.00. The molecule has 2 aliphatic heterocycles. The van der Waals surface area contributed by atoms with E-state index < -0.39 is 11.6 Å². The number of nitrogens with zero attached hydrogens (tertiary/aromatic N) is 2. The number of carbonyl (C=O) groups excluding carboxylic acids is 3. The van der Waals surface area contributed by atoms with Crippen LogP contribution in [0.2, 0.25) is 0 Å². The minimum Gasteiger partial charge on any atom is -0.338 e. The molecule has 1 atom stereocenters. The number of hydrogen-bond acceptors (Lipinski definition) is 4. The van der Waals surface area contributed by atoms with Gasteiger partial charge < -0.3 is 10.2 Å². The van der Waals surface area contributed by atoms with Crippen molar-refractivity contribution in [2.24, 2.45) is 16.4 Å². The maximum Gasteiger partial charge on any atom is 0.270 e. The summed E-state index contributed by atoms with van der Waals surface area (Å²) in [7, 11) is 0. The van der Waals surface area contributed by atoms with Crippen molar-refractivity contribution in [2.75, 3.05) is 18.4 Å². The van der Waals surface area contributed by atoms with Crippen LogP contribution in [-0.4, -0.2) is 41.4 Å². The summed E-state index contributed by atoms with van der Waals surface area (Å²) in [6.07, 6.45) is 2.73. The van der Waals surface area contributed by atoms with Crippen LogP contribution in [0.5, 0.6) is 0 Å². The SMILES string of the molecule is O=C1CCC(C(=O)N2CCC3(CC2)CC3C(=O)Nc2ccc(F)c(F)c2)=NN1. The number of hydrazone groups is 1. The topological polar surface area (TPSA) is 90.9 Å². The van der Waals surface area contributed by atoms with Crippen LogP contribution in [0.1, 0.15) is 32.1 Å². The predicted octanol–water partition coefficient (Wildman–Crippen LogP) is 1.80. The first-order valence-corrected chi connectivity index (χ1v) is 9.29. The molecule has 1 saturated carbocycles. The highest BCUT2D eigenvalue weighted by molar-refractivity contribution is 6.39. The van der Waals surface area contributed by atoms with Crippen molar-refractivity contribution in [2.45, 2.75) is 32.1 Å². The second-order valence-electron chi connectivity index (χ2n) is 7.62. The molecule has 2 fully saturated rings. The molecule has 1 saturated heterocycles. The second-order valence-corrected chi connectivity index (χ2v) is 7.62. The fourth-order valence-corrected chi connectivity index (χ4v) is 4.04. The average Bonchev–Trinajstić information content (AvgIpc) is 3.39. The van der Waals surface area contributed by atoms with E-state index in [1.807, 2.05) is 0 Å². The number of hydrogen-bond donors (Lipinski definition) is 2. The van der Waals surface area contributed by atoms with Crippen LogP contribution in [0.15, 0.2) is 23.3 Å². The smallest absolute Gasteiger partial charge is 0.270 e. The van der Waals surface area contributed by atoms with Gasteiger partial charge in [-0.1, -0.05) is 0 Å². The van der Waals surface area contributed by atoms with Crippen LogP contribution < -0.4 is 10.7 Å². The lowest BCUT2D eigenvalue weighted by atomic mass is 9.90. The van der Waals surface area contributed by atoms with Crippen LogP contribution in [0, 0.1) is 23.0 Å². The molecule has 1 aromatic carbocycles. The van der Waals surface area contributed by atoms with Gasteiger partial charge >= 0.3 is 0 Å². The number of benzene rings is 1. The van der Waals surface area contributed by atoms with Gasteiger partial charge in [0.15, 0.2) is 11.6 Å². The molecular formula is C19H20F2N4O3. The summed E-state index contributed by atoms with van der Waals surface area (Å²) in [5.41, 5.74) is 2.79. The van der Waals surface area contributed by atoms with Gasteiger partial charge in [0.25, 0.3) is 5.91 Å². The van der Waals surface area contributed by atoms with Gasteiger partial charge in [-0.25, -0.2) is 14.2 Å². The van der Waals surface area contributed by atoms with Crippen molar-refractivity contribution < 1.29 is 23.2 Å². The zero-order valence-corrected chi connectivity index (χ0v) is 15.1. The minimum absolute atomic E-state index is 0.137. The zero-order chi connectivity index (χ0) is 19.9. The van der Waals surface area contributed by atoms with Gasteiger partial charge in [-0.05, 0) is 36.8 Å². The molecule has 0 bridgehead atoms. The molecule has 1 aromatic rings. The Balaban J connectivity index is 1.31. The maximum absolute atomic E-state index is 13.3. The van der Waals surface area contributed by atoms with E-state index in [0.29, 0.717) is 38.1 Å². The Morgan fingerprint density at radius 3 is 2.57 bits per heavy atom. The monoisotopic (exact) mass is 390 g/mol. The Hall–Kier alpha value is -2.84. The maximum atomic E-state index is 13.3. The molecule has 3 amide bonds. The van der Waals surface area contributed by atoms with Crippen molar-refractivity contribution >= 4 is 29.1 Å². The van der Waals surface area contributed by atoms with E-state index in [1.54, 1.807) is 4.90 Å². The van der Waals surface area contributed by atoms with Crippen LogP contribution in [0.25, 0.3) is 0 Å². The number of anilines is 1. The number of amides is 3. The van der Waals surface area contributed by atoms with Crippen LogP contribution in [-0.2, 0) is 14.4 Å². The number of likely N-dealkylation sites (tertiary alicyclic amines) is 1. The Morgan fingerprint density at radius 1 is 1.18 bits per heavy atom. The van der Waals surface area contributed by atoms with Crippen LogP contribution in [0.4, 0.5) is 14.5 Å². The Kier molecular flexibility index (Phi) is 4.60. The lowest BCUT2D eigenvalue weighted by molar-refractivity contribution is -0.126. The second kappa shape index (κ2) is 6.96. The Morgan fingerprint density at radius 2 is 1.93 bits per heavy atom. The molecule has 2 N–H and O–H groups in total. The number of halogens is 2. The Labute approximate surface area is 160 Å². The van der Waals surface area contributed by atoms with Gasteiger partial charge in [0.05, 0.1) is 0 Å². The molecule has 1 spiro atoms. The first-order chi connectivity index (χ1) is 13.4. The summed E-state index contributed by atoms with van der Waals surface area (Å²) in [6.45, 7) is 1.06. The molecule has 7 nitrogen and oxygen atoms in total. The van der Waals surface area contributed by atoms with Crippen LogP contribution in [0.3, 0.4) is 0 Å². The summed E-state index contributed by atoms with van der Waals surface area (Å²) in [5, 5.41) is 6.49. The highest BCUT2D eigenvalue weighted by Gasteiger charge is 2.58. The number of piperidine rings is 1. The quantitative estimate of drug-likeness (QED) is 0.825. The van der Waals surface area contributed by atoms with E-state index in [2.05, 4.69) is 15.8 Å². The summed E-state index contributed by atoms with van der Waals surface area (Å²) in [5.74, 6) is -2.72. The highest BCUT2D eigenvalue weighted by Crippen LogP contribution is 2.59. The lowest BCUT2D eigenvalue weighted by Gasteiger charge is -2.33. The Bertz CT molecular complexity index is 878. The molecule has 9 heteroatoms. The molecule has 1 aliphatic carbocycles. The molecule has 148 valence electrons. The molecule has 1 unspecified atom stereocenters. The zero-order valence-electron chi connectivity index (χ0n) is 15.1. The summed E-state index contributed by atoms with van der Waals surface area (Å²) < 4.78 is 26.3. The first kappa shape index (κ1) is 18.5. The third-order valence-electron chi connectivity index (χ3n) is 5.89. The van der Waals surface area contributed by atoms with Gasteiger partial charge in [-0.2, -0.15) is 5.10 Å². The molecule has 3 aliphatic rings. The van der Waals surface area contributed by atoms with Crippen molar-refractivity contribution in [1.82, 2.24) is 10.3 Å². The van der Waals surface area contributed by atoms with E-state index in [1.165, 1.54) is 6.07 Å². The summed E-state index contributed by atoms with van der Waals surface area (Å²) >= 11 is 0. The fraction of sp³-hybridized carbons (Fsp3) is 0.474. The van der Waals surface area contributed by atoms with E-state index in [-0.39, 0.29) is 41.2 Å². The average molecular weight is 390 g/mol. The third kappa shape index (κ3) is 3.48. The van der Waals surface area contributed by atoms with E-state index in [0.717, 1.165) is 18.6 Å². The third-order valence-corrected chi connectivity index (χ3v) is 5.89. The van der Waals surface area contributed by atoms with Gasteiger partial charge in [0.2, 0.25) is 11.8 Å². The van der Waals surface area contributed by atoms with Crippen molar-refractivity contribution in [3.05, 3.63) is 29.8 Å². The van der Waals surface area contributed by atoms with Gasteiger partial charge in [0.1, 0.15) is 5.71 Å². The molecule has 2 heterocycles. The fourth-order valence-electron chi connectivity index (χ4n) is 4.04. The standard InChI is InChI=1S/C19H20F2N4O3/c20-13-2-1-11(9-14(13)21)22-17(27)12-10-19(12)5-7-25(8-6-19)18(28)15-3-4-16(26)24-23-15/h1-2,9,12H,3-8,10H2,(H,22,27)(H,24,26). The highest BCUT2D eigenvalue weighted by atomic mass is 19.2. The summed E-state index contributed by atoms with van der Waals surface area (Å²) in [4.78, 5) is 37.8. The first-order valence-electron chi connectivity index (χ1n) is 9.29. The van der Waals surface area contributed by atoms with E-state index >= 15 is 0 Å². The number of nitrogens with one attached hydrogen (secondary N) is 2.